The van der Waals surface area contributed by atoms with Crippen LogP contribution in [0.5, 0.6) is 0 Å². The molecule has 0 radical (unpaired) electrons. The summed E-state index contributed by atoms with van der Waals surface area (Å²) in [5.74, 6) is -1.12. The molecule has 0 aliphatic carbocycles. The minimum absolute atomic E-state index is 0.0748. The van der Waals surface area contributed by atoms with Gasteiger partial charge in [0.2, 0.25) is 5.82 Å². The van der Waals surface area contributed by atoms with Crippen molar-refractivity contribution in [1.29, 1.82) is 0 Å². The molecule has 0 saturated carbocycles. The maximum Gasteiger partial charge on any atom is 0.328 e. The van der Waals surface area contributed by atoms with Crippen molar-refractivity contribution in [2.45, 2.75) is 37.3 Å². The molecule has 1 aliphatic rings. The summed E-state index contributed by atoms with van der Waals surface area (Å²) in [6.45, 7) is -0.0146. The fraction of sp³-hybridized carbons (Fsp3) is 0.636. The van der Waals surface area contributed by atoms with Crippen LogP contribution in [0.3, 0.4) is 0 Å². The zero-order chi connectivity index (χ0) is 14.9. The van der Waals surface area contributed by atoms with Crippen molar-refractivity contribution in [3.8, 4) is 0 Å². The van der Waals surface area contributed by atoms with Gasteiger partial charge in [0, 0.05) is 12.6 Å². The van der Waals surface area contributed by atoms with E-state index in [1.54, 1.807) is 4.98 Å². The molecule has 9 heteroatoms. The van der Waals surface area contributed by atoms with Gasteiger partial charge >= 0.3 is 5.69 Å². The van der Waals surface area contributed by atoms with Crippen LogP contribution in [0.15, 0.2) is 15.8 Å². The van der Waals surface area contributed by atoms with Crippen molar-refractivity contribution in [3.05, 3.63) is 32.9 Å². The molecule has 1 aromatic rings. The number of rotatable bonds is 4. The highest BCUT2D eigenvalue weighted by molar-refractivity contribution is 4.92. The molecule has 1 saturated heterocycles. The number of hydrogen-bond acceptors (Lipinski definition) is 6. The first-order chi connectivity index (χ1) is 9.38. The maximum atomic E-state index is 13.1. The first-order valence-corrected chi connectivity index (χ1v) is 6.15. The number of aromatic amines is 1. The summed E-state index contributed by atoms with van der Waals surface area (Å²) in [5, 5.41) is 31.6. The lowest BCUT2D eigenvalue weighted by Crippen LogP contribution is -2.39. The highest BCUT2D eigenvalue weighted by Crippen LogP contribution is 2.13. The van der Waals surface area contributed by atoms with E-state index in [9.17, 15) is 29.3 Å². The van der Waals surface area contributed by atoms with E-state index >= 15 is 0 Å². The Balaban J connectivity index is 2.02. The van der Waals surface area contributed by atoms with Crippen LogP contribution < -0.4 is 16.6 Å². The summed E-state index contributed by atoms with van der Waals surface area (Å²) in [5.41, 5.74) is -1.94. The maximum absolute atomic E-state index is 13.1. The third kappa shape index (κ3) is 3.12. The van der Waals surface area contributed by atoms with Crippen molar-refractivity contribution >= 4 is 0 Å². The minimum atomic E-state index is -1.12. The van der Waals surface area contributed by atoms with Gasteiger partial charge in [0.05, 0.1) is 31.1 Å². The molecule has 2 rings (SSSR count). The number of aliphatic hydroxyl groups is 3. The average molecular weight is 289 g/mol. The Hall–Kier alpha value is -1.55. The third-order valence-corrected chi connectivity index (χ3v) is 3.30. The van der Waals surface area contributed by atoms with Crippen molar-refractivity contribution < 1.29 is 19.7 Å². The van der Waals surface area contributed by atoms with E-state index in [2.05, 4.69) is 5.32 Å². The third-order valence-electron chi connectivity index (χ3n) is 3.30. The number of H-pyrrole nitrogens is 1. The number of β-amino-alcohol motifs (C(OH)–C–C–N with tert-alkyl or cyclic N) is 1. The fourth-order valence-corrected chi connectivity index (χ4v) is 2.22. The highest BCUT2D eigenvalue weighted by atomic mass is 19.1. The second-order valence-corrected chi connectivity index (χ2v) is 4.85. The van der Waals surface area contributed by atoms with Crippen LogP contribution in [-0.4, -0.2) is 55.8 Å². The first-order valence-electron chi connectivity index (χ1n) is 6.15. The van der Waals surface area contributed by atoms with E-state index in [-0.39, 0.29) is 19.5 Å². The van der Waals surface area contributed by atoms with E-state index in [0.717, 1.165) is 10.8 Å². The quantitative estimate of drug-likeness (QED) is 0.405. The van der Waals surface area contributed by atoms with Crippen LogP contribution >= 0.6 is 0 Å². The number of aliphatic hydroxyl groups excluding tert-OH is 3. The van der Waals surface area contributed by atoms with Gasteiger partial charge in [0.15, 0.2) is 0 Å². The van der Waals surface area contributed by atoms with Gasteiger partial charge in [-0.1, -0.05) is 0 Å². The van der Waals surface area contributed by atoms with Crippen molar-refractivity contribution in [3.63, 3.8) is 0 Å². The predicted molar refractivity (Wildman–Crippen MR) is 65.7 cm³/mol. The SMILES string of the molecule is O=c1[nH]c(=O)n(C[C@@H](O)C[C@@H]2NC[C@H](O)[C@H]2O)cc1F. The number of nitrogens with one attached hydrogen (secondary N) is 2. The van der Waals surface area contributed by atoms with E-state index in [0.29, 0.717) is 0 Å². The Morgan fingerprint density at radius 2 is 2.15 bits per heavy atom. The largest absolute Gasteiger partial charge is 0.391 e. The first kappa shape index (κ1) is 14.9. The van der Waals surface area contributed by atoms with Gasteiger partial charge in [-0.25, -0.2) is 4.79 Å². The second-order valence-electron chi connectivity index (χ2n) is 4.85. The van der Waals surface area contributed by atoms with Crippen LogP contribution in [0, 0.1) is 5.82 Å². The molecule has 2 heterocycles. The summed E-state index contributed by atoms with van der Waals surface area (Å²) in [7, 11) is 0. The molecule has 0 spiro atoms. The van der Waals surface area contributed by atoms with Gasteiger partial charge in [0.1, 0.15) is 0 Å². The summed E-state index contributed by atoms with van der Waals surface area (Å²) in [6, 6.07) is -0.511. The van der Waals surface area contributed by atoms with Crippen LogP contribution in [0.4, 0.5) is 4.39 Å². The average Bonchev–Trinajstić information content (AvgIpc) is 2.68. The van der Waals surface area contributed by atoms with E-state index in [1.165, 1.54) is 0 Å². The van der Waals surface area contributed by atoms with Crippen LogP contribution in [0.25, 0.3) is 0 Å². The van der Waals surface area contributed by atoms with Gasteiger partial charge < -0.3 is 20.6 Å². The summed E-state index contributed by atoms with van der Waals surface area (Å²) < 4.78 is 13.9. The smallest absolute Gasteiger partial charge is 0.328 e. The van der Waals surface area contributed by atoms with Crippen molar-refractivity contribution in [2.75, 3.05) is 6.54 Å². The minimum Gasteiger partial charge on any atom is -0.391 e. The topological polar surface area (TPSA) is 128 Å². The zero-order valence-corrected chi connectivity index (χ0v) is 10.5. The number of aromatic nitrogens is 2. The molecular formula is C11H16FN3O5. The molecule has 4 atom stereocenters. The lowest BCUT2D eigenvalue weighted by atomic mass is 10.0. The van der Waals surface area contributed by atoms with E-state index in [1.807, 2.05) is 0 Å². The molecule has 8 nitrogen and oxygen atoms in total. The number of nitrogens with zero attached hydrogens (tertiary/aromatic N) is 1. The predicted octanol–water partition coefficient (Wildman–Crippen LogP) is -2.88. The highest BCUT2D eigenvalue weighted by Gasteiger charge is 2.34. The van der Waals surface area contributed by atoms with Crippen molar-refractivity contribution in [1.82, 2.24) is 14.9 Å². The van der Waals surface area contributed by atoms with Gasteiger partial charge in [0.25, 0.3) is 5.56 Å². The molecular weight excluding hydrogens is 273 g/mol. The number of halogens is 1. The Kier molecular flexibility index (Phi) is 4.33. The lowest BCUT2D eigenvalue weighted by molar-refractivity contribution is 0.0270. The molecule has 0 unspecified atom stereocenters. The molecule has 1 aromatic heterocycles. The second kappa shape index (κ2) is 5.83. The van der Waals surface area contributed by atoms with Crippen LogP contribution in [0.2, 0.25) is 0 Å². The molecule has 20 heavy (non-hydrogen) atoms. The molecule has 112 valence electrons. The molecule has 0 amide bonds. The Morgan fingerprint density at radius 3 is 2.75 bits per heavy atom. The van der Waals surface area contributed by atoms with E-state index < -0.39 is 41.4 Å². The number of hydrogen-bond donors (Lipinski definition) is 5. The lowest BCUT2D eigenvalue weighted by Gasteiger charge is -2.20. The molecule has 0 aromatic carbocycles. The summed E-state index contributed by atoms with van der Waals surface area (Å²) in [4.78, 5) is 24.0. The summed E-state index contributed by atoms with van der Waals surface area (Å²) >= 11 is 0. The zero-order valence-electron chi connectivity index (χ0n) is 10.5. The van der Waals surface area contributed by atoms with Crippen LogP contribution in [-0.2, 0) is 6.54 Å². The Labute approximate surface area is 112 Å². The fourth-order valence-electron chi connectivity index (χ4n) is 2.22. The Morgan fingerprint density at radius 1 is 1.45 bits per heavy atom. The van der Waals surface area contributed by atoms with Gasteiger partial charge in [-0.05, 0) is 6.42 Å². The van der Waals surface area contributed by atoms with Crippen molar-refractivity contribution in [2.24, 2.45) is 0 Å². The molecule has 0 bridgehead atoms. The standard InChI is InChI=1S/C11H16FN3O5/c12-6-4-15(11(20)14-10(6)19)3-5(16)1-7-9(18)8(17)2-13-7/h4-5,7-9,13,16-18H,1-3H2,(H,14,19,20)/t5-,7-,8-,9-/m0/s1. The van der Waals surface area contributed by atoms with E-state index in [4.69, 9.17) is 0 Å². The van der Waals surface area contributed by atoms with Gasteiger partial charge in [-0.3, -0.25) is 14.3 Å². The van der Waals surface area contributed by atoms with Crippen LogP contribution in [0.1, 0.15) is 6.42 Å². The molecule has 5 N–H and O–H groups in total. The monoisotopic (exact) mass is 289 g/mol. The molecule has 1 fully saturated rings. The summed E-state index contributed by atoms with van der Waals surface area (Å²) in [6.07, 6.45) is -2.16. The normalized spacial score (nSPS) is 27.7. The molecule has 1 aliphatic heterocycles. The van der Waals surface area contributed by atoms with Gasteiger partial charge in [-0.2, -0.15) is 4.39 Å². The van der Waals surface area contributed by atoms with Gasteiger partial charge in [-0.15, -0.1) is 0 Å². The Bertz CT molecular complexity index is 586.